The SMILES string of the molecule is CCCCN(C)C(=O)c1cc(C)c(C)c(S(=O)(=O)N(C)C)c1. The second-order valence-corrected chi connectivity index (χ2v) is 7.90. The Hall–Kier alpha value is -1.40. The van der Waals surface area contributed by atoms with Crippen LogP contribution in [0.2, 0.25) is 0 Å². The molecular formula is C16H26N2O3S. The summed E-state index contributed by atoms with van der Waals surface area (Å²) in [5.41, 5.74) is 1.90. The molecule has 0 spiro atoms. The Labute approximate surface area is 134 Å². The smallest absolute Gasteiger partial charge is 0.253 e. The van der Waals surface area contributed by atoms with E-state index in [1.807, 2.05) is 6.92 Å². The van der Waals surface area contributed by atoms with Crippen LogP contribution in [0, 0.1) is 13.8 Å². The lowest BCUT2D eigenvalue weighted by Gasteiger charge is -2.20. The van der Waals surface area contributed by atoms with Gasteiger partial charge in [-0.15, -0.1) is 0 Å². The van der Waals surface area contributed by atoms with Crippen LogP contribution in [0.1, 0.15) is 41.3 Å². The third kappa shape index (κ3) is 3.87. The zero-order valence-electron chi connectivity index (χ0n) is 14.3. The van der Waals surface area contributed by atoms with E-state index in [0.717, 1.165) is 18.4 Å². The van der Waals surface area contributed by atoms with Crippen molar-refractivity contribution >= 4 is 15.9 Å². The Morgan fingerprint density at radius 3 is 2.23 bits per heavy atom. The number of aryl methyl sites for hydroxylation is 1. The lowest BCUT2D eigenvalue weighted by molar-refractivity contribution is 0.0793. The van der Waals surface area contributed by atoms with Gasteiger partial charge in [-0.2, -0.15) is 0 Å². The monoisotopic (exact) mass is 326 g/mol. The van der Waals surface area contributed by atoms with E-state index in [2.05, 4.69) is 6.92 Å². The van der Waals surface area contributed by atoms with Crippen LogP contribution in [-0.4, -0.2) is 51.2 Å². The van der Waals surface area contributed by atoms with Gasteiger partial charge in [0.15, 0.2) is 0 Å². The third-order valence-corrected chi connectivity index (χ3v) is 5.76. The van der Waals surface area contributed by atoms with Crippen molar-refractivity contribution in [3.63, 3.8) is 0 Å². The number of nitrogens with zero attached hydrogens (tertiary/aromatic N) is 2. The maximum atomic E-state index is 12.5. The molecule has 0 saturated carbocycles. The minimum atomic E-state index is -3.57. The molecule has 0 aliphatic carbocycles. The average molecular weight is 326 g/mol. The number of hydrogen-bond donors (Lipinski definition) is 0. The van der Waals surface area contributed by atoms with Crippen LogP contribution >= 0.6 is 0 Å². The van der Waals surface area contributed by atoms with Gasteiger partial charge in [-0.25, -0.2) is 12.7 Å². The lowest BCUT2D eigenvalue weighted by Crippen LogP contribution is -2.29. The van der Waals surface area contributed by atoms with E-state index in [0.29, 0.717) is 17.7 Å². The molecular weight excluding hydrogens is 300 g/mol. The summed E-state index contributed by atoms with van der Waals surface area (Å²) >= 11 is 0. The fourth-order valence-electron chi connectivity index (χ4n) is 2.13. The number of carbonyl (C=O) groups excluding carboxylic acids is 1. The number of sulfonamides is 1. The number of rotatable bonds is 6. The van der Waals surface area contributed by atoms with Crippen molar-refractivity contribution in [3.8, 4) is 0 Å². The van der Waals surface area contributed by atoms with Crippen LogP contribution in [0.5, 0.6) is 0 Å². The van der Waals surface area contributed by atoms with Crippen LogP contribution in [0.3, 0.4) is 0 Å². The van der Waals surface area contributed by atoms with Crippen molar-refractivity contribution in [2.75, 3.05) is 27.7 Å². The summed E-state index contributed by atoms with van der Waals surface area (Å²) in [7, 11) is 1.16. The molecule has 0 aliphatic heterocycles. The van der Waals surface area contributed by atoms with Crippen molar-refractivity contribution in [1.82, 2.24) is 9.21 Å². The average Bonchev–Trinajstić information content (AvgIpc) is 2.46. The summed E-state index contributed by atoms with van der Waals surface area (Å²) in [6.45, 7) is 6.32. The normalized spacial score (nSPS) is 11.8. The molecule has 0 N–H and O–H groups in total. The highest BCUT2D eigenvalue weighted by Gasteiger charge is 2.23. The summed E-state index contributed by atoms with van der Waals surface area (Å²) in [4.78, 5) is 14.3. The Morgan fingerprint density at radius 2 is 1.73 bits per heavy atom. The van der Waals surface area contributed by atoms with Gasteiger partial charge < -0.3 is 4.90 Å². The second kappa shape index (κ2) is 7.24. The predicted molar refractivity (Wildman–Crippen MR) is 88.7 cm³/mol. The highest BCUT2D eigenvalue weighted by atomic mass is 32.2. The Morgan fingerprint density at radius 1 is 1.14 bits per heavy atom. The summed E-state index contributed by atoms with van der Waals surface area (Å²) in [5, 5.41) is 0. The fourth-order valence-corrected chi connectivity index (χ4v) is 3.35. The molecule has 0 fully saturated rings. The summed E-state index contributed by atoms with van der Waals surface area (Å²) in [6, 6.07) is 3.25. The molecule has 1 aromatic carbocycles. The molecule has 1 rings (SSSR count). The van der Waals surface area contributed by atoms with E-state index >= 15 is 0 Å². The van der Waals surface area contributed by atoms with Crippen LogP contribution in [0.25, 0.3) is 0 Å². The number of carbonyl (C=O) groups is 1. The van der Waals surface area contributed by atoms with Crippen LogP contribution < -0.4 is 0 Å². The first-order chi connectivity index (χ1) is 10.1. The zero-order chi connectivity index (χ0) is 17.1. The molecule has 0 atom stereocenters. The van der Waals surface area contributed by atoms with Gasteiger partial charge in [0.1, 0.15) is 0 Å². The van der Waals surface area contributed by atoms with E-state index in [1.54, 1.807) is 24.9 Å². The minimum Gasteiger partial charge on any atom is -0.342 e. The first kappa shape index (κ1) is 18.6. The highest BCUT2D eigenvalue weighted by molar-refractivity contribution is 7.89. The first-order valence-electron chi connectivity index (χ1n) is 7.42. The van der Waals surface area contributed by atoms with E-state index in [9.17, 15) is 13.2 Å². The van der Waals surface area contributed by atoms with Crippen LogP contribution in [0.4, 0.5) is 0 Å². The first-order valence-corrected chi connectivity index (χ1v) is 8.86. The van der Waals surface area contributed by atoms with Crippen molar-refractivity contribution in [2.45, 2.75) is 38.5 Å². The van der Waals surface area contributed by atoms with Gasteiger partial charge in [0, 0.05) is 33.3 Å². The van der Waals surface area contributed by atoms with Crippen LogP contribution in [0.15, 0.2) is 17.0 Å². The van der Waals surface area contributed by atoms with E-state index < -0.39 is 10.0 Å². The molecule has 0 aromatic heterocycles. The molecule has 6 heteroatoms. The third-order valence-electron chi connectivity index (χ3n) is 3.82. The topological polar surface area (TPSA) is 57.7 Å². The number of amides is 1. The second-order valence-electron chi connectivity index (χ2n) is 5.78. The standard InChI is InChI=1S/C16H26N2O3S/c1-7-8-9-18(6)16(19)14-10-12(2)13(3)15(11-14)22(20,21)17(4)5/h10-11H,7-9H2,1-6H3. The maximum Gasteiger partial charge on any atom is 0.253 e. The number of hydrogen-bond acceptors (Lipinski definition) is 3. The van der Waals surface area contributed by atoms with E-state index in [4.69, 9.17) is 0 Å². The molecule has 0 saturated heterocycles. The number of unbranched alkanes of at least 4 members (excludes halogenated alkanes) is 1. The summed E-state index contributed by atoms with van der Waals surface area (Å²) in [6.07, 6.45) is 1.93. The molecule has 1 aromatic rings. The van der Waals surface area contributed by atoms with Gasteiger partial charge in [-0.05, 0) is 43.5 Å². The van der Waals surface area contributed by atoms with Gasteiger partial charge in [0.05, 0.1) is 4.90 Å². The van der Waals surface area contributed by atoms with Gasteiger partial charge in [-0.3, -0.25) is 4.79 Å². The summed E-state index contributed by atoms with van der Waals surface area (Å²) in [5.74, 6) is -0.147. The van der Waals surface area contributed by atoms with Crippen molar-refractivity contribution < 1.29 is 13.2 Å². The Balaban J connectivity index is 3.31. The van der Waals surface area contributed by atoms with Crippen molar-refractivity contribution in [2.24, 2.45) is 0 Å². The molecule has 0 radical (unpaired) electrons. The largest absolute Gasteiger partial charge is 0.342 e. The molecule has 0 unspecified atom stereocenters. The lowest BCUT2D eigenvalue weighted by atomic mass is 10.1. The predicted octanol–water partition coefficient (Wildman–Crippen LogP) is 2.43. The maximum absolute atomic E-state index is 12.5. The van der Waals surface area contributed by atoms with Crippen LogP contribution in [-0.2, 0) is 10.0 Å². The molecule has 0 heterocycles. The molecule has 0 bridgehead atoms. The Bertz CT molecular complexity index is 652. The molecule has 0 aliphatic rings. The zero-order valence-corrected chi connectivity index (χ0v) is 15.1. The van der Waals surface area contributed by atoms with Gasteiger partial charge in [-0.1, -0.05) is 13.3 Å². The van der Waals surface area contributed by atoms with E-state index in [-0.39, 0.29) is 10.8 Å². The molecule has 1 amide bonds. The van der Waals surface area contributed by atoms with Gasteiger partial charge in [0.2, 0.25) is 10.0 Å². The fraction of sp³-hybridized carbons (Fsp3) is 0.562. The number of benzene rings is 1. The van der Waals surface area contributed by atoms with Crippen molar-refractivity contribution in [1.29, 1.82) is 0 Å². The Kier molecular flexibility index (Phi) is 6.14. The highest BCUT2D eigenvalue weighted by Crippen LogP contribution is 2.24. The minimum absolute atomic E-state index is 0.147. The quantitative estimate of drug-likeness (QED) is 0.807. The van der Waals surface area contributed by atoms with E-state index in [1.165, 1.54) is 24.5 Å². The molecule has 5 nitrogen and oxygen atoms in total. The van der Waals surface area contributed by atoms with Gasteiger partial charge >= 0.3 is 0 Å². The molecule has 22 heavy (non-hydrogen) atoms. The molecule has 124 valence electrons. The summed E-state index contributed by atoms with van der Waals surface area (Å²) < 4.78 is 26.0. The van der Waals surface area contributed by atoms with Crippen molar-refractivity contribution in [3.05, 3.63) is 28.8 Å². The van der Waals surface area contributed by atoms with Gasteiger partial charge in [0.25, 0.3) is 5.91 Å².